The molecular weight excluding hydrogens is 278 g/mol. The second-order valence-corrected chi connectivity index (χ2v) is 3.68. The van der Waals surface area contributed by atoms with Gasteiger partial charge in [0.25, 0.3) is 0 Å². The highest BCUT2D eigenvalue weighted by Gasteiger charge is 2.21. The van der Waals surface area contributed by atoms with Crippen molar-refractivity contribution in [2.24, 2.45) is 0 Å². The van der Waals surface area contributed by atoms with Crippen LogP contribution in [-0.2, 0) is 9.59 Å². The number of nitrogens with one attached hydrogen (secondary N) is 1. The van der Waals surface area contributed by atoms with E-state index in [-0.39, 0.29) is 0 Å². The number of carboxylic acids is 2. The molecule has 0 aliphatic carbocycles. The molecule has 1 aromatic rings. The van der Waals surface area contributed by atoms with Crippen molar-refractivity contribution in [1.82, 2.24) is 4.90 Å². The first-order chi connectivity index (χ1) is 9.31. The number of carbonyl (C=O) groups is 3. The second kappa shape index (κ2) is 6.45. The number of nitrogens with zero attached hydrogens (tertiary/aromatic N) is 1. The average Bonchev–Trinajstić information content (AvgIpc) is 2.33. The van der Waals surface area contributed by atoms with Crippen molar-refractivity contribution in [1.29, 1.82) is 0 Å². The Morgan fingerprint density at radius 1 is 1.10 bits per heavy atom. The van der Waals surface area contributed by atoms with Crippen LogP contribution in [-0.4, -0.2) is 46.2 Å². The first-order valence-corrected chi connectivity index (χ1v) is 5.24. The van der Waals surface area contributed by atoms with Gasteiger partial charge in [-0.2, -0.15) is 0 Å². The van der Waals surface area contributed by atoms with Gasteiger partial charge in [-0.1, -0.05) is 6.07 Å². The molecule has 0 unspecified atom stereocenters. The third-order valence-corrected chi connectivity index (χ3v) is 2.13. The van der Waals surface area contributed by atoms with E-state index in [0.717, 1.165) is 18.2 Å². The van der Waals surface area contributed by atoms with Gasteiger partial charge in [-0.15, -0.1) is 0 Å². The summed E-state index contributed by atoms with van der Waals surface area (Å²) in [5, 5.41) is 19.0. The van der Waals surface area contributed by atoms with Gasteiger partial charge in [0.2, 0.25) is 0 Å². The fraction of sp³-hybridized carbons (Fsp3) is 0.182. The lowest BCUT2D eigenvalue weighted by atomic mass is 10.3. The number of hydrogen-bond donors (Lipinski definition) is 3. The van der Waals surface area contributed by atoms with E-state index in [2.05, 4.69) is 0 Å². The van der Waals surface area contributed by atoms with Crippen LogP contribution in [0, 0.1) is 11.6 Å². The van der Waals surface area contributed by atoms with E-state index in [0.29, 0.717) is 4.90 Å². The topological polar surface area (TPSA) is 107 Å². The van der Waals surface area contributed by atoms with Gasteiger partial charge in [-0.05, 0) is 12.1 Å². The molecule has 0 aliphatic rings. The molecule has 0 aliphatic heterocycles. The average molecular weight is 288 g/mol. The molecule has 1 aromatic carbocycles. The smallest absolute Gasteiger partial charge is 0.323 e. The van der Waals surface area contributed by atoms with Crippen molar-refractivity contribution in [3.8, 4) is 0 Å². The van der Waals surface area contributed by atoms with Crippen LogP contribution in [0.4, 0.5) is 19.3 Å². The molecule has 0 atom stereocenters. The number of benzene rings is 1. The van der Waals surface area contributed by atoms with Gasteiger partial charge >= 0.3 is 18.0 Å². The number of halogens is 2. The van der Waals surface area contributed by atoms with Crippen LogP contribution in [0.3, 0.4) is 0 Å². The Morgan fingerprint density at radius 2 is 1.65 bits per heavy atom. The number of urea groups is 1. The fourth-order valence-corrected chi connectivity index (χ4v) is 1.32. The second-order valence-electron chi connectivity index (χ2n) is 3.68. The molecule has 0 saturated carbocycles. The molecule has 108 valence electrons. The monoisotopic (exact) mass is 288 g/mol. The van der Waals surface area contributed by atoms with E-state index in [1.54, 1.807) is 0 Å². The minimum atomic E-state index is -1.44. The Kier molecular flexibility index (Phi) is 4.95. The zero-order chi connectivity index (χ0) is 15.3. The van der Waals surface area contributed by atoms with Crippen molar-refractivity contribution in [2.75, 3.05) is 18.4 Å². The molecule has 2 amide bonds. The standard InChI is InChI=1S/C11H10F2N2O5/c12-6-2-1-3-7(10(6)13)14-11(20)15(4-8(16)17)5-9(18)19/h1-3H,4-5H2,(H,14,20)(H,16,17)(H,18,19). The maximum atomic E-state index is 13.3. The van der Waals surface area contributed by atoms with Crippen LogP contribution < -0.4 is 5.32 Å². The molecule has 0 spiro atoms. The van der Waals surface area contributed by atoms with Gasteiger partial charge < -0.3 is 20.4 Å². The lowest BCUT2D eigenvalue weighted by Gasteiger charge is -2.19. The molecule has 0 aromatic heterocycles. The van der Waals surface area contributed by atoms with E-state index in [1.165, 1.54) is 0 Å². The molecule has 7 nitrogen and oxygen atoms in total. The van der Waals surface area contributed by atoms with Gasteiger partial charge in [0.1, 0.15) is 13.1 Å². The summed E-state index contributed by atoms with van der Waals surface area (Å²) in [5.41, 5.74) is -0.518. The Balaban J connectivity index is 2.87. The third kappa shape index (κ3) is 4.19. The zero-order valence-corrected chi connectivity index (χ0v) is 9.97. The number of aliphatic carboxylic acids is 2. The van der Waals surface area contributed by atoms with Crippen LogP contribution in [0.5, 0.6) is 0 Å². The van der Waals surface area contributed by atoms with E-state index in [1.807, 2.05) is 5.32 Å². The molecule has 20 heavy (non-hydrogen) atoms. The molecule has 0 bridgehead atoms. The van der Waals surface area contributed by atoms with Crippen LogP contribution in [0.15, 0.2) is 18.2 Å². The van der Waals surface area contributed by atoms with Gasteiger partial charge in [0.05, 0.1) is 5.69 Å². The minimum Gasteiger partial charge on any atom is -0.480 e. The normalized spacial score (nSPS) is 9.90. The van der Waals surface area contributed by atoms with Crippen LogP contribution in [0.25, 0.3) is 0 Å². The van der Waals surface area contributed by atoms with Gasteiger partial charge in [-0.25, -0.2) is 13.6 Å². The summed E-state index contributed by atoms with van der Waals surface area (Å²) in [6.07, 6.45) is 0. The summed E-state index contributed by atoms with van der Waals surface area (Å²) >= 11 is 0. The highest BCUT2D eigenvalue weighted by molar-refractivity contribution is 5.93. The summed E-state index contributed by atoms with van der Waals surface area (Å²) < 4.78 is 26.2. The lowest BCUT2D eigenvalue weighted by Crippen LogP contribution is -2.42. The quantitative estimate of drug-likeness (QED) is 0.748. The summed E-state index contributed by atoms with van der Waals surface area (Å²) in [4.78, 5) is 33.1. The zero-order valence-electron chi connectivity index (χ0n) is 9.97. The highest BCUT2D eigenvalue weighted by atomic mass is 19.2. The molecule has 0 radical (unpaired) electrons. The van der Waals surface area contributed by atoms with E-state index >= 15 is 0 Å². The molecular formula is C11H10F2N2O5. The Labute approximate surface area is 111 Å². The van der Waals surface area contributed by atoms with Gasteiger partial charge in [-0.3, -0.25) is 9.59 Å². The van der Waals surface area contributed by atoms with Gasteiger partial charge in [0, 0.05) is 0 Å². The number of carbonyl (C=O) groups excluding carboxylic acids is 1. The van der Waals surface area contributed by atoms with Crippen molar-refractivity contribution in [3.63, 3.8) is 0 Å². The maximum Gasteiger partial charge on any atom is 0.323 e. The fourth-order valence-electron chi connectivity index (χ4n) is 1.32. The van der Waals surface area contributed by atoms with Gasteiger partial charge in [0.15, 0.2) is 11.6 Å². The Hall–Kier alpha value is -2.71. The Bertz CT molecular complexity index is 534. The summed E-state index contributed by atoms with van der Waals surface area (Å²) in [7, 11) is 0. The lowest BCUT2D eigenvalue weighted by molar-refractivity contribution is -0.140. The van der Waals surface area contributed by atoms with E-state index in [9.17, 15) is 23.2 Å². The Morgan fingerprint density at radius 3 is 2.15 bits per heavy atom. The number of anilines is 1. The number of hydrogen-bond acceptors (Lipinski definition) is 3. The molecule has 0 saturated heterocycles. The van der Waals surface area contributed by atoms with Crippen molar-refractivity contribution in [3.05, 3.63) is 29.8 Å². The first-order valence-electron chi connectivity index (χ1n) is 5.24. The largest absolute Gasteiger partial charge is 0.480 e. The summed E-state index contributed by atoms with van der Waals surface area (Å²) in [5.74, 6) is -5.42. The van der Waals surface area contributed by atoms with Crippen LogP contribution >= 0.6 is 0 Å². The molecule has 9 heteroatoms. The molecule has 1 rings (SSSR count). The first kappa shape index (κ1) is 15.3. The molecule has 0 fully saturated rings. The number of rotatable bonds is 5. The summed E-state index contributed by atoms with van der Waals surface area (Å²) in [6, 6.07) is 1.85. The van der Waals surface area contributed by atoms with Crippen molar-refractivity contribution >= 4 is 23.7 Å². The SMILES string of the molecule is O=C(O)CN(CC(=O)O)C(=O)Nc1cccc(F)c1F. The third-order valence-electron chi connectivity index (χ3n) is 2.13. The maximum absolute atomic E-state index is 13.3. The summed E-state index contributed by atoms with van der Waals surface area (Å²) in [6.45, 7) is -1.79. The van der Waals surface area contributed by atoms with Crippen LogP contribution in [0.2, 0.25) is 0 Å². The van der Waals surface area contributed by atoms with E-state index < -0.39 is 48.4 Å². The number of carboxylic acid groups (broad SMARTS) is 2. The minimum absolute atomic E-state index is 0.426. The number of amides is 2. The van der Waals surface area contributed by atoms with E-state index in [4.69, 9.17) is 10.2 Å². The molecule has 3 N–H and O–H groups in total. The van der Waals surface area contributed by atoms with Crippen molar-refractivity contribution < 1.29 is 33.4 Å². The van der Waals surface area contributed by atoms with Crippen LogP contribution in [0.1, 0.15) is 0 Å². The highest BCUT2D eigenvalue weighted by Crippen LogP contribution is 2.16. The predicted octanol–water partition coefficient (Wildman–Crippen LogP) is 0.968. The molecule has 0 heterocycles. The predicted molar refractivity (Wildman–Crippen MR) is 62.2 cm³/mol. The van der Waals surface area contributed by atoms with Crippen molar-refractivity contribution in [2.45, 2.75) is 0 Å².